The molecule has 7 nitrogen and oxygen atoms in total. The van der Waals surface area contributed by atoms with Crippen LogP contribution in [-0.4, -0.2) is 68.3 Å². The number of methoxy groups -OCH3 is 1. The Morgan fingerprint density at radius 2 is 2.07 bits per heavy atom. The van der Waals surface area contributed by atoms with Crippen LogP contribution >= 0.6 is 11.3 Å². The minimum Gasteiger partial charge on any atom is -0.379 e. The van der Waals surface area contributed by atoms with E-state index in [-0.39, 0.29) is 6.10 Å². The molecule has 1 N–H and O–H groups in total. The molecule has 2 heterocycles. The van der Waals surface area contributed by atoms with Crippen LogP contribution in [-0.2, 0) is 29.1 Å². The van der Waals surface area contributed by atoms with Crippen molar-refractivity contribution in [1.29, 1.82) is 0 Å². The van der Waals surface area contributed by atoms with E-state index < -0.39 is 0 Å². The molecule has 8 heteroatoms. The van der Waals surface area contributed by atoms with Crippen LogP contribution in [0.3, 0.4) is 0 Å². The summed E-state index contributed by atoms with van der Waals surface area (Å²) in [6, 6.07) is 8.61. The topological polar surface area (TPSA) is 62.2 Å². The van der Waals surface area contributed by atoms with Gasteiger partial charge in [-0.1, -0.05) is 24.3 Å². The largest absolute Gasteiger partial charge is 0.379 e. The molecule has 1 saturated heterocycles. The number of guanidine groups is 1. The van der Waals surface area contributed by atoms with Crippen LogP contribution in [0.25, 0.3) is 0 Å². The standard InChI is InChI=1S/C22H33N5O2S/c1-17(28-4)21-25-20(16-30-21)15-26(3)22(23-2)24-13-18-7-5-6-8-19(18)14-27-9-11-29-12-10-27/h5-8,16-17H,9-15H2,1-4H3,(H,23,24). The van der Waals surface area contributed by atoms with Crippen LogP contribution in [0.15, 0.2) is 34.6 Å². The van der Waals surface area contributed by atoms with E-state index in [0.29, 0.717) is 6.54 Å². The van der Waals surface area contributed by atoms with Gasteiger partial charge in [-0.2, -0.15) is 0 Å². The molecule has 1 unspecified atom stereocenters. The molecule has 1 aromatic heterocycles. The summed E-state index contributed by atoms with van der Waals surface area (Å²) in [6.07, 6.45) is 0.0226. The summed E-state index contributed by atoms with van der Waals surface area (Å²) < 4.78 is 10.8. The highest BCUT2D eigenvalue weighted by Gasteiger charge is 2.15. The third kappa shape index (κ3) is 6.25. The number of thiazole rings is 1. The van der Waals surface area contributed by atoms with Gasteiger partial charge < -0.3 is 19.7 Å². The first-order valence-electron chi connectivity index (χ1n) is 10.4. The maximum Gasteiger partial charge on any atom is 0.194 e. The van der Waals surface area contributed by atoms with Crippen LogP contribution in [0.2, 0.25) is 0 Å². The lowest BCUT2D eigenvalue weighted by Crippen LogP contribution is -2.39. The van der Waals surface area contributed by atoms with Crippen molar-refractivity contribution in [1.82, 2.24) is 20.1 Å². The highest BCUT2D eigenvalue weighted by molar-refractivity contribution is 7.09. The number of nitrogens with zero attached hydrogens (tertiary/aromatic N) is 4. The van der Waals surface area contributed by atoms with Crippen LogP contribution < -0.4 is 5.32 Å². The van der Waals surface area contributed by atoms with Gasteiger partial charge in [0.1, 0.15) is 11.1 Å². The van der Waals surface area contributed by atoms with Crippen LogP contribution in [0, 0.1) is 0 Å². The zero-order valence-corrected chi connectivity index (χ0v) is 19.2. The Morgan fingerprint density at radius 3 is 2.77 bits per heavy atom. The lowest BCUT2D eigenvalue weighted by molar-refractivity contribution is 0.0341. The van der Waals surface area contributed by atoms with Crippen molar-refractivity contribution in [3.05, 3.63) is 51.5 Å². The fourth-order valence-corrected chi connectivity index (χ4v) is 4.29. The molecule has 1 aromatic carbocycles. The van der Waals surface area contributed by atoms with E-state index in [1.165, 1.54) is 11.1 Å². The molecule has 0 aliphatic carbocycles. The zero-order valence-electron chi connectivity index (χ0n) is 18.4. The summed E-state index contributed by atoms with van der Waals surface area (Å²) in [5, 5.41) is 6.60. The molecular weight excluding hydrogens is 398 g/mol. The maximum absolute atomic E-state index is 5.47. The summed E-state index contributed by atoms with van der Waals surface area (Å²) in [7, 11) is 5.56. The molecule has 0 bridgehead atoms. The Labute approximate surface area is 183 Å². The van der Waals surface area contributed by atoms with Gasteiger partial charge in [-0.3, -0.25) is 9.89 Å². The van der Waals surface area contributed by atoms with Gasteiger partial charge in [-0.05, 0) is 18.1 Å². The third-order valence-electron chi connectivity index (χ3n) is 5.30. The van der Waals surface area contributed by atoms with Gasteiger partial charge in [0.25, 0.3) is 0 Å². The van der Waals surface area contributed by atoms with E-state index in [0.717, 1.165) is 56.1 Å². The molecule has 30 heavy (non-hydrogen) atoms. The van der Waals surface area contributed by atoms with Gasteiger partial charge >= 0.3 is 0 Å². The molecular formula is C22H33N5O2S. The molecule has 1 aliphatic rings. The van der Waals surface area contributed by atoms with Gasteiger partial charge in [0.2, 0.25) is 0 Å². The number of nitrogens with one attached hydrogen (secondary N) is 1. The summed E-state index contributed by atoms with van der Waals surface area (Å²) in [5.74, 6) is 0.852. The highest BCUT2D eigenvalue weighted by Crippen LogP contribution is 2.21. The number of morpholine rings is 1. The Hall–Kier alpha value is -2.00. The molecule has 3 rings (SSSR count). The molecule has 1 atom stereocenters. The SMILES string of the molecule is CN=C(NCc1ccccc1CN1CCOCC1)N(C)Cc1csc(C(C)OC)n1. The van der Waals surface area contributed by atoms with E-state index in [9.17, 15) is 0 Å². The molecule has 1 fully saturated rings. The second-order valence-electron chi connectivity index (χ2n) is 7.47. The average Bonchev–Trinajstić information content (AvgIpc) is 3.24. The van der Waals surface area contributed by atoms with Crippen LogP contribution in [0.5, 0.6) is 0 Å². The van der Waals surface area contributed by atoms with E-state index in [1.807, 2.05) is 21.0 Å². The Balaban J connectivity index is 1.58. The number of benzene rings is 1. The first-order chi connectivity index (χ1) is 14.6. The molecule has 2 aromatic rings. The number of aromatic nitrogens is 1. The van der Waals surface area contributed by atoms with Crippen LogP contribution in [0.1, 0.15) is 34.9 Å². The number of ether oxygens (including phenoxy) is 2. The Kier molecular flexibility index (Phi) is 8.62. The maximum atomic E-state index is 5.47. The number of aliphatic imine (C=N–C) groups is 1. The van der Waals surface area contributed by atoms with Gasteiger partial charge in [0.15, 0.2) is 5.96 Å². The minimum absolute atomic E-state index is 0.0226. The molecule has 0 radical (unpaired) electrons. The van der Waals surface area contributed by atoms with E-state index in [1.54, 1.807) is 18.4 Å². The van der Waals surface area contributed by atoms with Gasteiger partial charge in [0.05, 0.1) is 25.5 Å². The van der Waals surface area contributed by atoms with E-state index >= 15 is 0 Å². The smallest absolute Gasteiger partial charge is 0.194 e. The first-order valence-corrected chi connectivity index (χ1v) is 11.2. The van der Waals surface area contributed by atoms with Crippen molar-refractivity contribution in [2.24, 2.45) is 4.99 Å². The Bertz CT molecular complexity index is 819. The fourth-order valence-electron chi connectivity index (χ4n) is 3.44. The van der Waals surface area contributed by atoms with Crippen molar-refractivity contribution < 1.29 is 9.47 Å². The normalized spacial score (nSPS) is 16.5. The fraction of sp³-hybridized carbons (Fsp3) is 0.545. The number of hydrogen-bond acceptors (Lipinski definition) is 6. The lowest BCUT2D eigenvalue weighted by Gasteiger charge is -2.27. The predicted molar refractivity (Wildman–Crippen MR) is 122 cm³/mol. The van der Waals surface area contributed by atoms with Gasteiger partial charge in [-0.25, -0.2) is 4.98 Å². The molecule has 1 aliphatic heterocycles. The average molecular weight is 432 g/mol. The lowest BCUT2D eigenvalue weighted by atomic mass is 10.1. The van der Waals surface area contributed by atoms with Crippen molar-refractivity contribution in [2.45, 2.75) is 32.7 Å². The second kappa shape index (κ2) is 11.4. The highest BCUT2D eigenvalue weighted by atomic mass is 32.1. The minimum atomic E-state index is 0.0226. The quantitative estimate of drug-likeness (QED) is 0.512. The second-order valence-corrected chi connectivity index (χ2v) is 8.36. The van der Waals surface area contributed by atoms with Gasteiger partial charge in [0, 0.05) is 52.8 Å². The molecule has 0 amide bonds. The van der Waals surface area contributed by atoms with Gasteiger partial charge in [-0.15, -0.1) is 11.3 Å². The Morgan fingerprint density at radius 1 is 1.33 bits per heavy atom. The summed E-state index contributed by atoms with van der Waals surface area (Å²) in [4.78, 5) is 13.7. The molecule has 0 spiro atoms. The molecule has 0 saturated carbocycles. The monoisotopic (exact) mass is 431 g/mol. The number of hydrogen-bond donors (Lipinski definition) is 1. The van der Waals surface area contributed by atoms with Crippen molar-refractivity contribution >= 4 is 17.3 Å². The first kappa shape index (κ1) is 22.7. The zero-order chi connectivity index (χ0) is 21.3. The van der Waals surface area contributed by atoms with E-state index in [2.05, 4.69) is 54.7 Å². The summed E-state index contributed by atoms with van der Waals surface area (Å²) in [6.45, 7) is 8.02. The van der Waals surface area contributed by atoms with Crippen molar-refractivity contribution in [3.63, 3.8) is 0 Å². The van der Waals surface area contributed by atoms with Crippen molar-refractivity contribution in [3.8, 4) is 0 Å². The number of rotatable bonds is 8. The summed E-state index contributed by atoms with van der Waals surface area (Å²) >= 11 is 1.64. The third-order valence-corrected chi connectivity index (χ3v) is 6.35. The molecule has 164 valence electrons. The van der Waals surface area contributed by atoms with Crippen LogP contribution in [0.4, 0.5) is 0 Å². The predicted octanol–water partition coefficient (Wildman–Crippen LogP) is 2.89. The van der Waals surface area contributed by atoms with Crippen molar-refractivity contribution in [2.75, 3.05) is 47.5 Å². The summed E-state index contributed by atoms with van der Waals surface area (Å²) in [5.41, 5.74) is 3.67. The van der Waals surface area contributed by atoms with E-state index in [4.69, 9.17) is 9.47 Å².